The number of aryl methyl sites for hydroxylation is 1. The number of rotatable bonds is 13. The van der Waals surface area contributed by atoms with E-state index < -0.39 is 17.7 Å². The second-order valence-electron chi connectivity index (χ2n) is 9.79. The first-order chi connectivity index (χ1) is 18.7. The lowest BCUT2D eigenvalue weighted by molar-refractivity contribution is -0.139. The maximum absolute atomic E-state index is 13.4. The monoisotopic (exact) mass is 540 g/mol. The van der Waals surface area contributed by atoms with Crippen LogP contribution in [-0.4, -0.2) is 81.7 Å². The van der Waals surface area contributed by atoms with Crippen LogP contribution < -0.4 is 18.9 Å². The molecule has 2 aromatic carbocycles. The average Bonchev–Trinajstić information content (AvgIpc) is 3.17. The van der Waals surface area contributed by atoms with Gasteiger partial charge in [-0.1, -0.05) is 13.3 Å². The van der Waals surface area contributed by atoms with Gasteiger partial charge in [-0.3, -0.25) is 9.59 Å². The van der Waals surface area contributed by atoms with Crippen LogP contribution in [0.1, 0.15) is 48.9 Å². The molecule has 0 aliphatic carbocycles. The SMILES string of the molecule is CCCCOc1ccc(C(O)=C2C(=O)C(=O)N(CCCN(C)C)[C@@H]2c2cc(OC)c(OC)c(OC)c2)cc1C. The lowest BCUT2D eigenvalue weighted by atomic mass is 9.94. The fourth-order valence-corrected chi connectivity index (χ4v) is 4.71. The Bertz CT molecular complexity index is 1200. The van der Waals surface area contributed by atoms with Crippen LogP contribution in [0.15, 0.2) is 35.9 Å². The predicted octanol–water partition coefficient (Wildman–Crippen LogP) is 4.57. The number of ether oxygens (including phenoxy) is 4. The third-order valence-corrected chi connectivity index (χ3v) is 6.75. The number of unbranched alkanes of at least 4 members (excludes halogenated alkanes) is 1. The minimum Gasteiger partial charge on any atom is -0.507 e. The molecular weight excluding hydrogens is 500 g/mol. The summed E-state index contributed by atoms with van der Waals surface area (Å²) in [7, 11) is 8.40. The molecule has 1 amide bonds. The van der Waals surface area contributed by atoms with Gasteiger partial charge < -0.3 is 33.9 Å². The Kier molecular flexibility index (Phi) is 10.2. The molecule has 2 aromatic rings. The van der Waals surface area contributed by atoms with Gasteiger partial charge in [0.1, 0.15) is 11.5 Å². The van der Waals surface area contributed by atoms with E-state index in [0.29, 0.717) is 53.7 Å². The normalized spacial score (nSPS) is 16.6. The molecule has 0 aromatic heterocycles. The van der Waals surface area contributed by atoms with Gasteiger partial charge in [-0.25, -0.2) is 0 Å². The van der Waals surface area contributed by atoms with Crippen LogP contribution in [0.5, 0.6) is 23.0 Å². The largest absolute Gasteiger partial charge is 0.507 e. The highest BCUT2D eigenvalue weighted by molar-refractivity contribution is 6.46. The van der Waals surface area contributed by atoms with Crippen molar-refractivity contribution in [3.05, 3.63) is 52.6 Å². The number of carbonyl (C=O) groups excluding carboxylic acids is 2. The number of nitrogens with zero attached hydrogens (tertiary/aromatic N) is 2. The number of amides is 1. The van der Waals surface area contributed by atoms with Crippen molar-refractivity contribution < 1.29 is 33.6 Å². The summed E-state index contributed by atoms with van der Waals surface area (Å²) in [5, 5.41) is 11.5. The van der Waals surface area contributed by atoms with E-state index in [1.54, 1.807) is 30.3 Å². The number of ketones is 1. The van der Waals surface area contributed by atoms with Crippen molar-refractivity contribution in [2.24, 2.45) is 0 Å². The predicted molar refractivity (Wildman–Crippen MR) is 150 cm³/mol. The van der Waals surface area contributed by atoms with Crippen LogP contribution in [-0.2, 0) is 9.59 Å². The lowest BCUT2D eigenvalue weighted by Crippen LogP contribution is -2.32. The summed E-state index contributed by atoms with van der Waals surface area (Å²) in [5.74, 6) is 0.228. The standard InChI is InChI=1S/C30H40N2O7/c1-8-9-15-39-22-12-11-20(16-19(22)2)27(33)25-26(32(30(35)28(25)34)14-10-13-31(3)4)21-17-23(36-5)29(38-7)24(18-21)37-6/h11-12,16-18,26,33H,8-10,13-15H2,1-7H3/t26-/m1/s1. The number of methoxy groups -OCH3 is 3. The van der Waals surface area contributed by atoms with E-state index in [1.165, 1.54) is 26.2 Å². The van der Waals surface area contributed by atoms with Gasteiger partial charge in [-0.15, -0.1) is 0 Å². The second-order valence-corrected chi connectivity index (χ2v) is 9.79. The van der Waals surface area contributed by atoms with Crippen molar-refractivity contribution >= 4 is 17.4 Å². The Balaban J connectivity index is 2.15. The number of hydrogen-bond acceptors (Lipinski definition) is 8. The Morgan fingerprint density at radius 3 is 2.18 bits per heavy atom. The molecule has 1 aliphatic heterocycles. The average molecular weight is 541 g/mol. The van der Waals surface area contributed by atoms with Gasteiger partial charge in [0, 0.05) is 12.1 Å². The number of aliphatic hydroxyl groups is 1. The highest BCUT2D eigenvalue weighted by atomic mass is 16.5. The van der Waals surface area contributed by atoms with Crippen LogP contribution in [0.2, 0.25) is 0 Å². The zero-order valence-electron chi connectivity index (χ0n) is 24.0. The minimum atomic E-state index is -0.846. The highest BCUT2D eigenvalue weighted by Gasteiger charge is 2.46. The van der Waals surface area contributed by atoms with Crippen molar-refractivity contribution in [3.63, 3.8) is 0 Å². The highest BCUT2D eigenvalue weighted by Crippen LogP contribution is 2.46. The Morgan fingerprint density at radius 2 is 1.64 bits per heavy atom. The molecule has 1 heterocycles. The molecule has 1 aliphatic rings. The molecule has 0 bridgehead atoms. The summed E-state index contributed by atoms with van der Waals surface area (Å²) >= 11 is 0. The van der Waals surface area contributed by atoms with Crippen LogP contribution >= 0.6 is 0 Å². The van der Waals surface area contributed by atoms with Gasteiger partial charge in [-0.2, -0.15) is 0 Å². The fraction of sp³-hybridized carbons (Fsp3) is 0.467. The van der Waals surface area contributed by atoms with Gasteiger partial charge >= 0.3 is 0 Å². The first kappa shape index (κ1) is 29.8. The smallest absolute Gasteiger partial charge is 0.295 e. The molecule has 39 heavy (non-hydrogen) atoms. The van der Waals surface area contributed by atoms with Crippen LogP contribution in [0.4, 0.5) is 0 Å². The molecule has 1 N–H and O–H groups in total. The van der Waals surface area contributed by atoms with Crippen LogP contribution in [0.25, 0.3) is 5.76 Å². The van der Waals surface area contributed by atoms with E-state index in [-0.39, 0.29) is 11.3 Å². The van der Waals surface area contributed by atoms with Crippen LogP contribution in [0, 0.1) is 6.92 Å². The summed E-state index contributed by atoms with van der Waals surface area (Å²) in [6.07, 6.45) is 2.60. The second kappa shape index (κ2) is 13.4. The molecule has 0 unspecified atom stereocenters. The number of likely N-dealkylation sites (tertiary alicyclic amines) is 1. The summed E-state index contributed by atoms with van der Waals surface area (Å²) in [6, 6.07) is 7.82. The molecule has 9 heteroatoms. The maximum Gasteiger partial charge on any atom is 0.295 e. The van der Waals surface area contributed by atoms with E-state index in [4.69, 9.17) is 18.9 Å². The van der Waals surface area contributed by atoms with E-state index in [2.05, 4.69) is 6.92 Å². The van der Waals surface area contributed by atoms with E-state index in [1.807, 2.05) is 25.9 Å². The van der Waals surface area contributed by atoms with Crippen LogP contribution in [0.3, 0.4) is 0 Å². The van der Waals surface area contributed by atoms with Crippen molar-refractivity contribution in [3.8, 4) is 23.0 Å². The first-order valence-corrected chi connectivity index (χ1v) is 13.1. The molecule has 3 rings (SSSR count). The summed E-state index contributed by atoms with van der Waals surface area (Å²) < 4.78 is 22.4. The summed E-state index contributed by atoms with van der Waals surface area (Å²) in [6.45, 7) is 5.63. The zero-order valence-corrected chi connectivity index (χ0v) is 24.0. The minimum absolute atomic E-state index is 0.0122. The molecule has 1 fully saturated rings. The Hall–Kier alpha value is -3.72. The van der Waals surface area contributed by atoms with E-state index in [0.717, 1.165) is 24.9 Å². The lowest BCUT2D eigenvalue weighted by Gasteiger charge is -2.27. The fourth-order valence-electron chi connectivity index (χ4n) is 4.71. The van der Waals surface area contributed by atoms with Crippen molar-refractivity contribution in [1.82, 2.24) is 9.80 Å². The third kappa shape index (κ3) is 6.47. The molecule has 0 spiro atoms. The Morgan fingerprint density at radius 1 is 0.974 bits per heavy atom. The van der Waals surface area contributed by atoms with Crippen molar-refractivity contribution in [2.75, 3.05) is 55.1 Å². The third-order valence-electron chi connectivity index (χ3n) is 6.75. The molecular formula is C30H40N2O7. The number of Topliss-reactive ketones (excluding diaryl/α,β-unsaturated/α-hetero) is 1. The molecule has 0 radical (unpaired) electrons. The number of carbonyl (C=O) groups is 2. The molecule has 9 nitrogen and oxygen atoms in total. The Labute approximate surface area is 230 Å². The van der Waals surface area contributed by atoms with Gasteiger partial charge in [0.05, 0.1) is 39.6 Å². The van der Waals surface area contributed by atoms with E-state index >= 15 is 0 Å². The molecule has 1 atom stereocenters. The molecule has 212 valence electrons. The molecule has 1 saturated heterocycles. The van der Waals surface area contributed by atoms with Gasteiger partial charge in [0.15, 0.2) is 11.5 Å². The number of benzene rings is 2. The van der Waals surface area contributed by atoms with Gasteiger partial charge in [0.2, 0.25) is 5.75 Å². The first-order valence-electron chi connectivity index (χ1n) is 13.1. The maximum atomic E-state index is 13.4. The number of hydrogen-bond donors (Lipinski definition) is 1. The van der Waals surface area contributed by atoms with Crippen molar-refractivity contribution in [2.45, 2.75) is 39.2 Å². The topological polar surface area (TPSA) is 97.8 Å². The van der Waals surface area contributed by atoms with Gasteiger partial charge in [0.25, 0.3) is 11.7 Å². The summed E-state index contributed by atoms with van der Waals surface area (Å²) in [4.78, 5) is 30.3. The summed E-state index contributed by atoms with van der Waals surface area (Å²) in [5.41, 5.74) is 1.82. The quantitative estimate of drug-likeness (QED) is 0.171. The number of aliphatic hydroxyl groups excluding tert-OH is 1. The zero-order chi connectivity index (χ0) is 28.7. The van der Waals surface area contributed by atoms with Gasteiger partial charge in [-0.05, 0) is 81.9 Å². The molecule has 0 saturated carbocycles. The van der Waals surface area contributed by atoms with E-state index in [9.17, 15) is 14.7 Å². The van der Waals surface area contributed by atoms with Crippen molar-refractivity contribution in [1.29, 1.82) is 0 Å².